The lowest BCUT2D eigenvalue weighted by molar-refractivity contribution is 0.181. The third-order valence-corrected chi connectivity index (χ3v) is 4.67. The molecule has 3 rings (SSSR count). The summed E-state index contributed by atoms with van der Waals surface area (Å²) in [4.78, 5) is 13.5. The molecule has 2 saturated heterocycles. The van der Waals surface area contributed by atoms with Crippen LogP contribution in [-0.2, 0) is 0 Å². The van der Waals surface area contributed by atoms with Gasteiger partial charge in [-0.1, -0.05) is 0 Å². The summed E-state index contributed by atoms with van der Waals surface area (Å²) in [6.45, 7) is 4.63. The lowest BCUT2D eigenvalue weighted by Gasteiger charge is -2.46. The van der Waals surface area contributed by atoms with Crippen molar-refractivity contribution in [3.05, 3.63) is 16.9 Å². The second-order valence-electron chi connectivity index (χ2n) is 4.41. The Hall–Kier alpha value is -0.330. The Morgan fingerprint density at radius 3 is 2.47 bits per heavy atom. The van der Waals surface area contributed by atoms with Crippen molar-refractivity contribution in [2.24, 2.45) is 0 Å². The van der Waals surface area contributed by atoms with Gasteiger partial charge in [0.1, 0.15) is 0 Å². The normalized spacial score (nSPS) is 22.5. The van der Waals surface area contributed by atoms with Gasteiger partial charge < -0.3 is 4.90 Å². The van der Waals surface area contributed by atoms with Gasteiger partial charge in [-0.05, 0) is 15.9 Å². The highest BCUT2D eigenvalue weighted by Crippen LogP contribution is 2.23. The number of hydrogen-bond acceptors (Lipinski definition) is 5. The van der Waals surface area contributed by atoms with Gasteiger partial charge in [0.15, 0.2) is 0 Å². The summed E-state index contributed by atoms with van der Waals surface area (Å²) in [7, 11) is 0. The van der Waals surface area contributed by atoms with Crippen LogP contribution in [-0.4, -0.2) is 58.6 Å². The molecule has 92 valence electrons. The average Bonchev–Trinajstić information content (AvgIpc) is 2.31. The van der Waals surface area contributed by atoms with Crippen LogP contribution in [0, 0.1) is 0 Å². The third-order valence-electron chi connectivity index (χ3n) is 3.31. The topological polar surface area (TPSA) is 32.3 Å². The monoisotopic (exact) mass is 314 g/mol. The van der Waals surface area contributed by atoms with Crippen LogP contribution >= 0.6 is 27.7 Å². The number of thioether (sulfide) groups is 1. The molecule has 0 saturated carbocycles. The molecule has 0 amide bonds. The number of nitrogens with zero attached hydrogens (tertiary/aromatic N) is 4. The SMILES string of the molecule is Brc1cnc(N2CC(N3CCSCC3)C2)nc1. The van der Waals surface area contributed by atoms with Crippen molar-refractivity contribution in [3.63, 3.8) is 0 Å². The van der Waals surface area contributed by atoms with Gasteiger partial charge in [-0.15, -0.1) is 0 Å². The Balaban J connectivity index is 1.55. The van der Waals surface area contributed by atoms with E-state index in [2.05, 4.69) is 47.5 Å². The standard InChI is InChI=1S/C11H15BrN4S/c12-9-5-13-11(14-6-9)16-7-10(8-16)15-1-3-17-4-2-15/h5-6,10H,1-4,7-8H2. The van der Waals surface area contributed by atoms with Crippen LogP contribution in [0.1, 0.15) is 0 Å². The molecular weight excluding hydrogens is 300 g/mol. The molecule has 0 aliphatic carbocycles. The second kappa shape index (κ2) is 5.12. The van der Waals surface area contributed by atoms with Gasteiger partial charge in [0.2, 0.25) is 5.95 Å². The molecule has 2 aliphatic heterocycles. The van der Waals surface area contributed by atoms with Crippen molar-refractivity contribution < 1.29 is 0 Å². The van der Waals surface area contributed by atoms with Gasteiger partial charge in [0.05, 0.1) is 4.47 Å². The molecule has 2 fully saturated rings. The maximum atomic E-state index is 4.33. The van der Waals surface area contributed by atoms with Crippen LogP contribution in [0.2, 0.25) is 0 Å². The highest BCUT2D eigenvalue weighted by atomic mass is 79.9. The zero-order valence-electron chi connectivity index (χ0n) is 9.55. The van der Waals surface area contributed by atoms with Crippen molar-refractivity contribution >= 4 is 33.6 Å². The summed E-state index contributed by atoms with van der Waals surface area (Å²) in [6, 6.07) is 0.711. The molecule has 17 heavy (non-hydrogen) atoms. The van der Waals surface area contributed by atoms with E-state index in [0.29, 0.717) is 6.04 Å². The number of halogens is 1. The van der Waals surface area contributed by atoms with Crippen molar-refractivity contribution in [2.75, 3.05) is 42.6 Å². The summed E-state index contributed by atoms with van der Waals surface area (Å²) in [5.41, 5.74) is 0. The smallest absolute Gasteiger partial charge is 0.225 e. The fourth-order valence-corrected chi connectivity index (χ4v) is 3.40. The molecule has 0 atom stereocenters. The average molecular weight is 315 g/mol. The highest BCUT2D eigenvalue weighted by Gasteiger charge is 2.33. The van der Waals surface area contributed by atoms with Crippen molar-refractivity contribution in [2.45, 2.75) is 6.04 Å². The van der Waals surface area contributed by atoms with Crippen LogP contribution in [0.25, 0.3) is 0 Å². The largest absolute Gasteiger partial charge is 0.338 e. The van der Waals surface area contributed by atoms with E-state index < -0.39 is 0 Å². The molecule has 0 spiro atoms. The summed E-state index contributed by atoms with van der Waals surface area (Å²) in [5.74, 6) is 3.42. The van der Waals surface area contributed by atoms with Crippen molar-refractivity contribution in [1.29, 1.82) is 0 Å². The second-order valence-corrected chi connectivity index (χ2v) is 6.55. The van der Waals surface area contributed by atoms with E-state index in [-0.39, 0.29) is 0 Å². The van der Waals surface area contributed by atoms with Gasteiger partial charge in [-0.3, -0.25) is 4.90 Å². The number of anilines is 1. The molecule has 1 aromatic heterocycles. The molecule has 4 nitrogen and oxygen atoms in total. The predicted molar refractivity (Wildman–Crippen MR) is 74.6 cm³/mol. The fourth-order valence-electron chi connectivity index (χ4n) is 2.26. The molecule has 3 heterocycles. The molecule has 1 aromatic rings. The Labute approximate surface area is 114 Å². The predicted octanol–water partition coefficient (Wildman–Crippen LogP) is 1.48. The Kier molecular flexibility index (Phi) is 3.54. The molecule has 0 aromatic carbocycles. The lowest BCUT2D eigenvalue weighted by atomic mass is 10.1. The number of hydrogen-bond donors (Lipinski definition) is 0. The van der Waals surface area contributed by atoms with Gasteiger partial charge in [0, 0.05) is 56.1 Å². The molecule has 2 aliphatic rings. The van der Waals surface area contributed by atoms with E-state index >= 15 is 0 Å². The quantitative estimate of drug-likeness (QED) is 0.825. The van der Waals surface area contributed by atoms with E-state index in [9.17, 15) is 0 Å². The van der Waals surface area contributed by atoms with Crippen LogP contribution in [0.5, 0.6) is 0 Å². The Morgan fingerprint density at radius 1 is 1.18 bits per heavy atom. The highest BCUT2D eigenvalue weighted by molar-refractivity contribution is 9.10. The minimum Gasteiger partial charge on any atom is -0.338 e. The maximum absolute atomic E-state index is 4.33. The van der Waals surface area contributed by atoms with E-state index in [0.717, 1.165) is 23.5 Å². The zero-order chi connectivity index (χ0) is 11.7. The molecule has 0 bridgehead atoms. The minimum absolute atomic E-state index is 0.711. The van der Waals surface area contributed by atoms with Crippen molar-refractivity contribution in [3.8, 4) is 0 Å². The van der Waals surface area contributed by atoms with Gasteiger partial charge in [-0.25, -0.2) is 9.97 Å². The van der Waals surface area contributed by atoms with Crippen molar-refractivity contribution in [1.82, 2.24) is 14.9 Å². The van der Waals surface area contributed by atoms with E-state index in [4.69, 9.17) is 0 Å². The molecule has 6 heteroatoms. The molecule has 0 N–H and O–H groups in total. The Bertz CT molecular complexity index is 374. The summed E-state index contributed by atoms with van der Waals surface area (Å²) >= 11 is 5.42. The summed E-state index contributed by atoms with van der Waals surface area (Å²) in [5, 5.41) is 0. The number of rotatable bonds is 2. The molecular formula is C11H15BrN4S. The van der Waals surface area contributed by atoms with Crippen LogP contribution in [0.3, 0.4) is 0 Å². The maximum Gasteiger partial charge on any atom is 0.225 e. The minimum atomic E-state index is 0.711. The number of aromatic nitrogens is 2. The van der Waals surface area contributed by atoms with Gasteiger partial charge in [-0.2, -0.15) is 11.8 Å². The van der Waals surface area contributed by atoms with E-state index in [1.165, 1.54) is 24.6 Å². The van der Waals surface area contributed by atoms with Gasteiger partial charge in [0.25, 0.3) is 0 Å². The first-order valence-corrected chi connectivity index (χ1v) is 7.82. The van der Waals surface area contributed by atoms with Crippen LogP contribution < -0.4 is 4.90 Å². The molecule has 0 unspecified atom stereocenters. The zero-order valence-corrected chi connectivity index (χ0v) is 12.0. The summed E-state index contributed by atoms with van der Waals surface area (Å²) in [6.07, 6.45) is 3.63. The Morgan fingerprint density at radius 2 is 1.82 bits per heavy atom. The first-order chi connectivity index (χ1) is 8.33. The van der Waals surface area contributed by atoms with Gasteiger partial charge >= 0.3 is 0 Å². The van der Waals surface area contributed by atoms with Crippen LogP contribution in [0.4, 0.5) is 5.95 Å². The first kappa shape index (κ1) is 11.7. The first-order valence-electron chi connectivity index (χ1n) is 5.87. The lowest BCUT2D eigenvalue weighted by Crippen LogP contribution is -2.61. The third kappa shape index (κ3) is 2.58. The summed E-state index contributed by atoms with van der Waals surface area (Å²) < 4.78 is 0.936. The van der Waals surface area contributed by atoms with Crippen LogP contribution in [0.15, 0.2) is 16.9 Å². The van der Waals surface area contributed by atoms with E-state index in [1.807, 2.05) is 12.4 Å². The fraction of sp³-hybridized carbons (Fsp3) is 0.636. The molecule has 0 radical (unpaired) electrons. The van der Waals surface area contributed by atoms with E-state index in [1.54, 1.807) is 0 Å².